The van der Waals surface area contributed by atoms with Gasteiger partial charge < -0.3 is 9.84 Å². The van der Waals surface area contributed by atoms with Gasteiger partial charge in [0, 0.05) is 5.92 Å². The summed E-state index contributed by atoms with van der Waals surface area (Å²) in [6.07, 6.45) is 0. The molecule has 0 spiro atoms. The van der Waals surface area contributed by atoms with E-state index < -0.39 is 29.6 Å². The normalized spacial score (nSPS) is 24.2. The molecule has 0 amide bonds. The topological polar surface area (TPSA) is 63.6 Å². The average molecular weight is 224 g/mol. The largest absolute Gasteiger partial charge is 0.481 e. The van der Waals surface area contributed by atoms with Crippen LogP contribution in [0, 0.1) is 11.7 Å². The van der Waals surface area contributed by atoms with Crippen LogP contribution in [0.2, 0.25) is 0 Å². The van der Waals surface area contributed by atoms with E-state index in [0.29, 0.717) is 5.56 Å². The standard InChI is InChI=1S/C11H9FO4/c12-7-3-1-2-6(4-7)8-5-16-11(15)9(8)10(13)14/h1-4,8-9H,5H2,(H,13,14)/t8-,9-/m1/s1. The lowest BCUT2D eigenvalue weighted by molar-refractivity contribution is -0.152. The Labute approximate surface area is 90.6 Å². The number of hydrogen-bond donors (Lipinski definition) is 1. The van der Waals surface area contributed by atoms with E-state index in [4.69, 9.17) is 9.84 Å². The molecule has 1 heterocycles. The van der Waals surface area contributed by atoms with Crippen LogP contribution < -0.4 is 0 Å². The number of halogens is 1. The highest BCUT2D eigenvalue weighted by atomic mass is 19.1. The molecule has 1 aromatic carbocycles. The molecule has 5 heteroatoms. The molecule has 1 fully saturated rings. The zero-order valence-corrected chi connectivity index (χ0v) is 8.22. The van der Waals surface area contributed by atoms with Gasteiger partial charge in [0.15, 0.2) is 5.92 Å². The summed E-state index contributed by atoms with van der Waals surface area (Å²) in [7, 11) is 0. The van der Waals surface area contributed by atoms with Gasteiger partial charge >= 0.3 is 11.9 Å². The van der Waals surface area contributed by atoms with Crippen LogP contribution in [0.4, 0.5) is 4.39 Å². The van der Waals surface area contributed by atoms with Crippen LogP contribution in [0.25, 0.3) is 0 Å². The van der Waals surface area contributed by atoms with Crippen molar-refractivity contribution in [3.05, 3.63) is 35.6 Å². The summed E-state index contributed by atoms with van der Waals surface area (Å²) < 4.78 is 17.7. The first-order valence-corrected chi connectivity index (χ1v) is 4.74. The number of carbonyl (C=O) groups is 2. The summed E-state index contributed by atoms with van der Waals surface area (Å²) in [6, 6.07) is 5.55. The minimum absolute atomic E-state index is 0.0146. The van der Waals surface area contributed by atoms with E-state index >= 15 is 0 Å². The molecule has 1 aliphatic rings. The molecule has 0 aromatic heterocycles. The van der Waals surface area contributed by atoms with Crippen LogP contribution in [-0.4, -0.2) is 23.7 Å². The molecule has 0 aliphatic carbocycles. The lowest BCUT2D eigenvalue weighted by atomic mass is 9.88. The second-order valence-corrected chi connectivity index (χ2v) is 3.61. The second-order valence-electron chi connectivity index (χ2n) is 3.61. The molecular weight excluding hydrogens is 215 g/mol. The number of benzene rings is 1. The van der Waals surface area contributed by atoms with Crippen molar-refractivity contribution in [1.82, 2.24) is 0 Å². The van der Waals surface area contributed by atoms with Gasteiger partial charge in [-0.05, 0) is 17.7 Å². The average Bonchev–Trinajstić information content (AvgIpc) is 2.60. The number of rotatable bonds is 2. The van der Waals surface area contributed by atoms with Crippen LogP contribution in [0.1, 0.15) is 11.5 Å². The molecule has 1 saturated heterocycles. The number of esters is 1. The lowest BCUT2D eigenvalue weighted by Gasteiger charge is -2.11. The van der Waals surface area contributed by atoms with E-state index in [1.54, 1.807) is 6.07 Å². The van der Waals surface area contributed by atoms with Crippen LogP contribution in [0.3, 0.4) is 0 Å². The van der Waals surface area contributed by atoms with Crippen LogP contribution in [0.15, 0.2) is 24.3 Å². The van der Waals surface area contributed by atoms with Crippen LogP contribution >= 0.6 is 0 Å². The summed E-state index contributed by atoms with van der Waals surface area (Å²) in [6.45, 7) is -0.0146. The lowest BCUT2D eigenvalue weighted by Crippen LogP contribution is -2.24. The first kappa shape index (κ1) is 10.6. The summed E-state index contributed by atoms with van der Waals surface area (Å²) in [5.41, 5.74) is 0.471. The quantitative estimate of drug-likeness (QED) is 0.605. The summed E-state index contributed by atoms with van der Waals surface area (Å²) >= 11 is 0. The summed E-state index contributed by atoms with van der Waals surface area (Å²) in [5.74, 6) is -4.30. The third kappa shape index (κ3) is 1.76. The molecule has 2 rings (SSSR count). The molecule has 0 unspecified atom stereocenters. The molecule has 0 bridgehead atoms. The number of cyclic esters (lactones) is 1. The maximum absolute atomic E-state index is 13.0. The number of carboxylic acids is 1. The van der Waals surface area contributed by atoms with Crippen molar-refractivity contribution in [1.29, 1.82) is 0 Å². The summed E-state index contributed by atoms with van der Waals surface area (Å²) in [4.78, 5) is 22.1. The first-order valence-electron chi connectivity index (χ1n) is 4.74. The van der Waals surface area contributed by atoms with E-state index in [2.05, 4.69) is 0 Å². The van der Waals surface area contributed by atoms with Crippen molar-refractivity contribution in [2.75, 3.05) is 6.61 Å². The Morgan fingerprint density at radius 3 is 2.88 bits per heavy atom. The van der Waals surface area contributed by atoms with Gasteiger partial charge in [-0.2, -0.15) is 0 Å². The Morgan fingerprint density at radius 1 is 1.50 bits per heavy atom. The predicted octanol–water partition coefficient (Wildman–Crippen LogP) is 1.17. The van der Waals surface area contributed by atoms with E-state index in [1.807, 2.05) is 0 Å². The Balaban J connectivity index is 2.34. The molecular formula is C11H9FO4. The van der Waals surface area contributed by atoms with Crippen molar-refractivity contribution in [2.24, 2.45) is 5.92 Å². The Kier molecular flexibility index (Phi) is 2.60. The fourth-order valence-electron chi connectivity index (χ4n) is 1.82. The van der Waals surface area contributed by atoms with Gasteiger partial charge in [-0.3, -0.25) is 9.59 Å². The fourth-order valence-corrected chi connectivity index (χ4v) is 1.82. The van der Waals surface area contributed by atoms with Crippen molar-refractivity contribution in [2.45, 2.75) is 5.92 Å². The van der Waals surface area contributed by atoms with Gasteiger partial charge in [0.1, 0.15) is 5.82 Å². The van der Waals surface area contributed by atoms with Gasteiger partial charge in [-0.25, -0.2) is 4.39 Å². The predicted molar refractivity (Wildman–Crippen MR) is 51.2 cm³/mol. The number of aliphatic carboxylic acids is 1. The molecule has 4 nitrogen and oxygen atoms in total. The molecule has 0 radical (unpaired) electrons. The zero-order chi connectivity index (χ0) is 11.7. The molecule has 1 N–H and O–H groups in total. The second kappa shape index (κ2) is 3.92. The smallest absolute Gasteiger partial charge is 0.321 e. The monoisotopic (exact) mass is 224 g/mol. The van der Waals surface area contributed by atoms with Crippen molar-refractivity contribution in [3.63, 3.8) is 0 Å². The van der Waals surface area contributed by atoms with Gasteiger partial charge in [0.2, 0.25) is 0 Å². The molecule has 1 aliphatic heterocycles. The Bertz CT molecular complexity index is 443. The Hall–Kier alpha value is -1.91. The van der Waals surface area contributed by atoms with Gasteiger partial charge in [-0.1, -0.05) is 12.1 Å². The number of ether oxygens (including phenoxy) is 1. The van der Waals surface area contributed by atoms with Crippen LogP contribution in [-0.2, 0) is 14.3 Å². The Morgan fingerprint density at radius 2 is 2.25 bits per heavy atom. The van der Waals surface area contributed by atoms with Gasteiger partial charge in [0.05, 0.1) is 6.61 Å². The number of carbonyl (C=O) groups excluding carboxylic acids is 1. The first-order chi connectivity index (χ1) is 7.59. The van der Waals surface area contributed by atoms with Gasteiger partial charge in [-0.15, -0.1) is 0 Å². The van der Waals surface area contributed by atoms with Crippen LogP contribution in [0.5, 0.6) is 0 Å². The zero-order valence-electron chi connectivity index (χ0n) is 8.22. The van der Waals surface area contributed by atoms with E-state index in [9.17, 15) is 14.0 Å². The third-order valence-electron chi connectivity index (χ3n) is 2.60. The molecule has 0 saturated carbocycles. The van der Waals surface area contributed by atoms with Crippen molar-refractivity contribution in [3.8, 4) is 0 Å². The molecule has 1 aromatic rings. The number of carboxylic acid groups (broad SMARTS) is 1. The van der Waals surface area contributed by atoms with E-state index in [-0.39, 0.29) is 6.61 Å². The van der Waals surface area contributed by atoms with E-state index in [0.717, 1.165) is 0 Å². The molecule has 16 heavy (non-hydrogen) atoms. The molecule has 84 valence electrons. The van der Waals surface area contributed by atoms with Crippen molar-refractivity contribution >= 4 is 11.9 Å². The highest BCUT2D eigenvalue weighted by Crippen LogP contribution is 2.32. The highest BCUT2D eigenvalue weighted by molar-refractivity contribution is 5.96. The number of hydrogen-bond acceptors (Lipinski definition) is 3. The maximum Gasteiger partial charge on any atom is 0.321 e. The highest BCUT2D eigenvalue weighted by Gasteiger charge is 2.43. The minimum atomic E-state index is -1.24. The van der Waals surface area contributed by atoms with E-state index in [1.165, 1.54) is 18.2 Å². The minimum Gasteiger partial charge on any atom is -0.481 e. The third-order valence-corrected chi connectivity index (χ3v) is 2.60. The van der Waals surface area contributed by atoms with Crippen molar-refractivity contribution < 1.29 is 23.8 Å². The SMILES string of the molecule is O=C(O)[C@@H]1C(=O)OC[C@@H]1c1cccc(F)c1. The fraction of sp³-hybridized carbons (Fsp3) is 0.273. The summed E-state index contributed by atoms with van der Waals surface area (Å²) in [5, 5.41) is 8.89. The maximum atomic E-state index is 13.0. The molecule has 2 atom stereocenters. The van der Waals surface area contributed by atoms with Gasteiger partial charge in [0.25, 0.3) is 0 Å².